The van der Waals surface area contributed by atoms with Gasteiger partial charge in [0, 0.05) is 18.4 Å². The summed E-state index contributed by atoms with van der Waals surface area (Å²) in [6, 6.07) is 5.04. The van der Waals surface area contributed by atoms with E-state index in [4.69, 9.17) is 5.73 Å². The van der Waals surface area contributed by atoms with Gasteiger partial charge in [-0.3, -0.25) is 0 Å². The van der Waals surface area contributed by atoms with Crippen molar-refractivity contribution in [3.63, 3.8) is 0 Å². The number of nitrogens with one attached hydrogen (secondary N) is 1. The van der Waals surface area contributed by atoms with E-state index in [0.717, 1.165) is 0 Å². The van der Waals surface area contributed by atoms with Crippen LogP contribution in [0.4, 0.5) is 11.4 Å². The van der Waals surface area contributed by atoms with Gasteiger partial charge in [0.05, 0.1) is 12.7 Å². The van der Waals surface area contributed by atoms with Crippen molar-refractivity contribution in [2.24, 2.45) is 0 Å². The molecule has 0 radical (unpaired) electrons. The fourth-order valence-electron chi connectivity index (χ4n) is 1.06. The minimum atomic E-state index is -0.392. The van der Waals surface area contributed by atoms with Crippen LogP contribution in [0.5, 0.6) is 0 Å². The lowest BCUT2D eigenvalue weighted by atomic mass is 10.1. The Kier molecular flexibility index (Phi) is 2.74. The number of methoxy groups -OCH3 is 1. The molecule has 1 aromatic rings. The summed E-state index contributed by atoms with van der Waals surface area (Å²) in [5, 5.41) is 2.88. The van der Waals surface area contributed by atoms with Gasteiger partial charge in [0.25, 0.3) is 0 Å². The monoisotopic (exact) mass is 180 g/mol. The number of anilines is 2. The number of rotatable bonds is 2. The molecule has 0 unspecified atom stereocenters. The van der Waals surface area contributed by atoms with Gasteiger partial charge >= 0.3 is 5.97 Å². The van der Waals surface area contributed by atoms with Crippen molar-refractivity contribution in [1.82, 2.24) is 0 Å². The summed E-state index contributed by atoms with van der Waals surface area (Å²) in [6.07, 6.45) is 0. The maximum Gasteiger partial charge on any atom is 0.340 e. The van der Waals surface area contributed by atoms with Crippen molar-refractivity contribution in [2.45, 2.75) is 0 Å². The van der Waals surface area contributed by atoms with Gasteiger partial charge in [-0.2, -0.15) is 0 Å². The molecule has 0 bridgehead atoms. The van der Waals surface area contributed by atoms with Crippen LogP contribution in [-0.2, 0) is 4.74 Å². The molecule has 1 aromatic carbocycles. The van der Waals surface area contributed by atoms with Crippen molar-refractivity contribution in [3.05, 3.63) is 23.8 Å². The molecule has 13 heavy (non-hydrogen) atoms. The van der Waals surface area contributed by atoms with Crippen molar-refractivity contribution in [3.8, 4) is 0 Å². The highest BCUT2D eigenvalue weighted by atomic mass is 16.5. The standard InChI is InChI=1S/C9H12N2O2/c1-11-8-4-3-6(10)5-7(8)9(12)13-2/h3-5,11H,10H2,1-2H3. The van der Waals surface area contributed by atoms with Crippen molar-refractivity contribution < 1.29 is 9.53 Å². The third-order valence-corrected chi connectivity index (χ3v) is 1.72. The molecule has 0 aliphatic rings. The zero-order valence-electron chi connectivity index (χ0n) is 7.63. The van der Waals surface area contributed by atoms with E-state index in [1.807, 2.05) is 0 Å². The third-order valence-electron chi connectivity index (χ3n) is 1.72. The largest absolute Gasteiger partial charge is 0.465 e. The average Bonchev–Trinajstić information content (AvgIpc) is 2.16. The van der Waals surface area contributed by atoms with Gasteiger partial charge in [-0.15, -0.1) is 0 Å². The molecular formula is C9H12N2O2. The quantitative estimate of drug-likeness (QED) is 0.528. The van der Waals surface area contributed by atoms with Crippen LogP contribution >= 0.6 is 0 Å². The number of benzene rings is 1. The SMILES string of the molecule is CNc1ccc(N)cc1C(=O)OC. The van der Waals surface area contributed by atoms with E-state index in [2.05, 4.69) is 10.1 Å². The van der Waals surface area contributed by atoms with E-state index in [9.17, 15) is 4.79 Å². The third kappa shape index (κ3) is 1.90. The fourth-order valence-corrected chi connectivity index (χ4v) is 1.06. The molecule has 3 N–H and O–H groups in total. The molecule has 4 nitrogen and oxygen atoms in total. The molecule has 4 heteroatoms. The van der Waals surface area contributed by atoms with Crippen molar-refractivity contribution >= 4 is 17.3 Å². The molecule has 1 rings (SSSR count). The van der Waals surface area contributed by atoms with Gasteiger partial charge in [0.2, 0.25) is 0 Å². The molecule has 0 aliphatic heterocycles. The maximum atomic E-state index is 11.2. The van der Waals surface area contributed by atoms with E-state index >= 15 is 0 Å². The van der Waals surface area contributed by atoms with Crippen LogP contribution in [-0.4, -0.2) is 20.1 Å². The first-order valence-corrected chi connectivity index (χ1v) is 3.84. The lowest BCUT2D eigenvalue weighted by molar-refractivity contribution is 0.0602. The van der Waals surface area contributed by atoms with Crippen molar-refractivity contribution in [1.29, 1.82) is 0 Å². The number of hydrogen-bond acceptors (Lipinski definition) is 4. The number of ether oxygens (including phenoxy) is 1. The predicted molar refractivity (Wildman–Crippen MR) is 51.7 cm³/mol. The molecule has 0 fully saturated rings. The lowest BCUT2D eigenvalue weighted by Gasteiger charge is -2.07. The fraction of sp³-hybridized carbons (Fsp3) is 0.222. The van der Waals surface area contributed by atoms with Gasteiger partial charge in [-0.1, -0.05) is 0 Å². The number of esters is 1. The normalized spacial score (nSPS) is 9.38. The summed E-state index contributed by atoms with van der Waals surface area (Å²) in [5.41, 5.74) is 7.24. The Morgan fingerprint density at radius 3 is 2.77 bits per heavy atom. The summed E-state index contributed by atoms with van der Waals surface area (Å²) in [7, 11) is 3.07. The van der Waals surface area contributed by atoms with Crippen LogP contribution < -0.4 is 11.1 Å². The van der Waals surface area contributed by atoms with Gasteiger partial charge in [0.15, 0.2) is 0 Å². The van der Waals surface area contributed by atoms with Gasteiger partial charge in [-0.05, 0) is 18.2 Å². The number of nitrogens with two attached hydrogens (primary N) is 1. The molecule has 0 atom stereocenters. The first kappa shape index (κ1) is 9.38. The smallest absolute Gasteiger partial charge is 0.340 e. The predicted octanol–water partition coefficient (Wildman–Crippen LogP) is 1.10. The molecule has 0 aliphatic carbocycles. The second-order valence-electron chi connectivity index (χ2n) is 2.55. The van der Waals surface area contributed by atoms with E-state index in [-0.39, 0.29) is 0 Å². The Balaban J connectivity index is 3.15. The number of nitrogen functional groups attached to an aromatic ring is 1. The summed E-state index contributed by atoms with van der Waals surface area (Å²) in [6.45, 7) is 0. The topological polar surface area (TPSA) is 64.3 Å². The number of carbonyl (C=O) groups is 1. The highest BCUT2D eigenvalue weighted by Crippen LogP contribution is 2.18. The van der Waals surface area contributed by atoms with Gasteiger partial charge in [0.1, 0.15) is 0 Å². The van der Waals surface area contributed by atoms with E-state index in [1.54, 1.807) is 25.2 Å². The average molecular weight is 180 g/mol. The first-order chi connectivity index (χ1) is 6.19. The van der Waals surface area contributed by atoms with Crippen LogP contribution in [0.25, 0.3) is 0 Å². The summed E-state index contributed by atoms with van der Waals surface area (Å²) in [5.74, 6) is -0.392. The zero-order chi connectivity index (χ0) is 9.84. The number of carbonyl (C=O) groups excluding carboxylic acids is 1. The Bertz CT molecular complexity index is 323. The second-order valence-corrected chi connectivity index (χ2v) is 2.55. The minimum absolute atomic E-state index is 0.392. The Hall–Kier alpha value is -1.71. The summed E-state index contributed by atoms with van der Waals surface area (Å²) >= 11 is 0. The molecule has 0 aromatic heterocycles. The molecule has 0 heterocycles. The number of hydrogen-bond donors (Lipinski definition) is 2. The van der Waals surface area contributed by atoms with Crippen LogP contribution in [0.3, 0.4) is 0 Å². The zero-order valence-corrected chi connectivity index (χ0v) is 7.63. The van der Waals surface area contributed by atoms with Crippen LogP contribution in [0.2, 0.25) is 0 Å². The molecule has 0 spiro atoms. The van der Waals surface area contributed by atoms with Gasteiger partial charge in [-0.25, -0.2) is 4.79 Å². The Labute approximate surface area is 76.7 Å². The summed E-state index contributed by atoms with van der Waals surface area (Å²) < 4.78 is 4.60. The molecule has 70 valence electrons. The lowest BCUT2D eigenvalue weighted by Crippen LogP contribution is -2.06. The Morgan fingerprint density at radius 1 is 1.54 bits per heavy atom. The Morgan fingerprint density at radius 2 is 2.23 bits per heavy atom. The molecule has 0 saturated carbocycles. The van der Waals surface area contributed by atoms with Crippen LogP contribution in [0.15, 0.2) is 18.2 Å². The molecule has 0 amide bonds. The first-order valence-electron chi connectivity index (χ1n) is 3.84. The molecular weight excluding hydrogens is 168 g/mol. The second kappa shape index (κ2) is 3.80. The van der Waals surface area contributed by atoms with Crippen molar-refractivity contribution in [2.75, 3.05) is 25.2 Å². The maximum absolute atomic E-state index is 11.2. The summed E-state index contributed by atoms with van der Waals surface area (Å²) in [4.78, 5) is 11.2. The van der Waals surface area contributed by atoms with Crippen LogP contribution in [0, 0.1) is 0 Å². The minimum Gasteiger partial charge on any atom is -0.465 e. The van der Waals surface area contributed by atoms with E-state index in [0.29, 0.717) is 16.9 Å². The van der Waals surface area contributed by atoms with Crippen LogP contribution in [0.1, 0.15) is 10.4 Å². The van der Waals surface area contributed by atoms with E-state index < -0.39 is 5.97 Å². The molecule has 0 saturated heterocycles. The highest BCUT2D eigenvalue weighted by molar-refractivity contribution is 5.96. The van der Waals surface area contributed by atoms with E-state index in [1.165, 1.54) is 7.11 Å². The highest BCUT2D eigenvalue weighted by Gasteiger charge is 2.10. The van der Waals surface area contributed by atoms with Gasteiger partial charge < -0.3 is 15.8 Å².